The summed E-state index contributed by atoms with van der Waals surface area (Å²) in [6.07, 6.45) is 3.51. The van der Waals surface area contributed by atoms with Crippen LogP contribution >= 0.6 is 0 Å². The summed E-state index contributed by atoms with van der Waals surface area (Å²) in [5, 5.41) is 3.80. The molecule has 134 valence electrons. The third-order valence-corrected chi connectivity index (χ3v) is 5.42. The van der Waals surface area contributed by atoms with Gasteiger partial charge in [0.05, 0.1) is 0 Å². The molecule has 1 N–H and O–H groups in total. The van der Waals surface area contributed by atoms with Crippen LogP contribution in [0.5, 0.6) is 0 Å². The van der Waals surface area contributed by atoms with E-state index in [4.69, 9.17) is 0 Å². The van der Waals surface area contributed by atoms with Crippen LogP contribution in [0.4, 0.5) is 0 Å². The van der Waals surface area contributed by atoms with Crippen molar-refractivity contribution in [2.75, 3.05) is 6.54 Å². The van der Waals surface area contributed by atoms with Crippen molar-refractivity contribution < 1.29 is 0 Å². The third kappa shape index (κ3) is 5.17. The molecular weight excluding hydrogens is 304 g/mol. The van der Waals surface area contributed by atoms with E-state index >= 15 is 0 Å². The van der Waals surface area contributed by atoms with E-state index in [1.54, 1.807) is 0 Å². The molecule has 0 spiro atoms. The van der Waals surface area contributed by atoms with Crippen LogP contribution in [0.2, 0.25) is 0 Å². The Hall–Kier alpha value is -1.64. The quantitative estimate of drug-likeness (QED) is 0.804. The van der Waals surface area contributed by atoms with Crippen molar-refractivity contribution in [2.24, 2.45) is 0 Å². The molecule has 0 aliphatic carbocycles. The van der Waals surface area contributed by atoms with Crippen LogP contribution in [0, 0.1) is 0 Å². The van der Waals surface area contributed by atoms with Crippen LogP contribution in [0.1, 0.15) is 43.9 Å². The van der Waals surface area contributed by atoms with Crippen LogP contribution in [0.25, 0.3) is 0 Å². The van der Waals surface area contributed by atoms with E-state index in [-0.39, 0.29) is 0 Å². The molecule has 0 saturated carbocycles. The van der Waals surface area contributed by atoms with E-state index in [1.807, 2.05) is 0 Å². The van der Waals surface area contributed by atoms with Crippen molar-refractivity contribution in [3.63, 3.8) is 0 Å². The summed E-state index contributed by atoms with van der Waals surface area (Å²) in [5.74, 6) is 0. The molecule has 1 heterocycles. The van der Waals surface area contributed by atoms with Gasteiger partial charge in [-0.1, -0.05) is 54.6 Å². The fourth-order valence-corrected chi connectivity index (χ4v) is 3.98. The van der Waals surface area contributed by atoms with Gasteiger partial charge >= 0.3 is 0 Å². The summed E-state index contributed by atoms with van der Waals surface area (Å²) in [6, 6.07) is 21.4. The molecule has 0 amide bonds. The number of nitrogens with zero attached hydrogens (tertiary/aromatic N) is 1. The van der Waals surface area contributed by atoms with Gasteiger partial charge in [-0.05, 0) is 56.7 Å². The summed E-state index contributed by atoms with van der Waals surface area (Å²) >= 11 is 0. The maximum absolute atomic E-state index is 3.80. The van der Waals surface area contributed by atoms with Gasteiger partial charge in [-0.3, -0.25) is 4.90 Å². The number of nitrogens with one attached hydrogen (secondary N) is 1. The van der Waals surface area contributed by atoms with Crippen molar-refractivity contribution in [3.05, 3.63) is 71.3 Å². The largest absolute Gasteiger partial charge is 0.310 e. The standard InChI is InChI=1S/C23H32N2/c1-18(13-14-21-9-5-4-6-10-21)24-19(2)16-25-17-23-12-8-7-11-22(23)15-20(25)3/h4-12,18-20,24H,13-17H2,1-3H3/t18-,19+,20-/m1/s1. The summed E-state index contributed by atoms with van der Waals surface area (Å²) < 4.78 is 0. The van der Waals surface area contributed by atoms with Crippen LogP contribution in [-0.4, -0.2) is 29.6 Å². The first kappa shape index (κ1) is 18.2. The maximum Gasteiger partial charge on any atom is 0.0240 e. The summed E-state index contributed by atoms with van der Waals surface area (Å²) in [5.41, 5.74) is 4.47. The normalized spacial score (nSPS) is 20.0. The van der Waals surface area contributed by atoms with Gasteiger partial charge in [0.1, 0.15) is 0 Å². The van der Waals surface area contributed by atoms with E-state index in [0.29, 0.717) is 18.1 Å². The SMILES string of the molecule is C[C@H](CCc1ccccc1)N[C@@H](C)CN1Cc2ccccc2C[C@H]1C. The van der Waals surface area contributed by atoms with Crippen LogP contribution < -0.4 is 5.32 Å². The van der Waals surface area contributed by atoms with Crippen LogP contribution in [0.3, 0.4) is 0 Å². The number of hydrogen-bond donors (Lipinski definition) is 1. The van der Waals surface area contributed by atoms with Crippen LogP contribution in [-0.2, 0) is 19.4 Å². The molecule has 3 rings (SSSR count). The molecule has 3 atom stereocenters. The number of aryl methyl sites for hydroxylation is 1. The Morgan fingerprint density at radius 3 is 2.40 bits per heavy atom. The van der Waals surface area contributed by atoms with E-state index in [1.165, 1.54) is 29.5 Å². The van der Waals surface area contributed by atoms with Crippen molar-refractivity contribution in [2.45, 2.75) is 64.7 Å². The average Bonchev–Trinajstić information content (AvgIpc) is 2.61. The van der Waals surface area contributed by atoms with Gasteiger partial charge in [0.25, 0.3) is 0 Å². The predicted molar refractivity (Wildman–Crippen MR) is 107 cm³/mol. The average molecular weight is 337 g/mol. The first-order chi connectivity index (χ1) is 12.1. The fraction of sp³-hybridized carbons (Fsp3) is 0.478. The van der Waals surface area contributed by atoms with Gasteiger partial charge in [-0.2, -0.15) is 0 Å². The lowest BCUT2D eigenvalue weighted by Gasteiger charge is -2.37. The highest BCUT2D eigenvalue weighted by Crippen LogP contribution is 2.23. The Labute approximate surface area is 153 Å². The zero-order valence-electron chi connectivity index (χ0n) is 15.9. The molecule has 0 aromatic heterocycles. The lowest BCUT2D eigenvalue weighted by atomic mass is 9.94. The molecule has 1 aliphatic heterocycles. The molecule has 0 bridgehead atoms. The van der Waals surface area contributed by atoms with Gasteiger partial charge < -0.3 is 5.32 Å². The molecule has 0 fully saturated rings. The van der Waals surface area contributed by atoms with E-state index in [2.05, 4.69) is 85.6 Å². The minimum Gasteiger partial charge on any atom is -0.310 e. The Bertz CT molecular complexity index is 652. The van der Waals surface area contributed by atoms with Gasteiger partial charge in [-0.15, -0.1) is 0 Å². The lowest BCUT2D eigenvalue weighted by Crippen LogP contribution is -2.47. The molecule has 25 heavy (non-hydrogen) atoms. The van der Waals surface area contributed by atoms with E-state index < -0.39 is 0 Å². The molecule has 2 aromatic carbocycles. The topological polar surface area (TPSA) is 15.3 Å². The van der Waals surface area contributed by atoms with E-state index in [0.717, 1.165) is 19.5 Å². The lowest BCUT2D eigenvalue weighted by molar-refractivity contribution is 0.164. The van der Waals surface area contributed by atoms with Crippen LogP contribution in [0.15, 0.2) is 54.6 Å². The second-order valence-electron chi connectivity index (χ2n) is 7.74. The summed E-state index contributed by atoms with van der Waals surface area (Å²) in [4.78, 5) is 2.63. The Morgan fingerprint density at radius 1 is 0.960 bits per heavy atom. The second-order valence-corrected chi connectivity index (χ2v) is 7.74. The Morgan fingerprint density at radius 2 is 1.64 bits per heavy atom. The zero-order chi connectivity index (χ0) is 17.6. The van der Waals surface area contributed by atoms with Gasteiger partial charge in [-0.25, -0.2) is 0 Å². The molecule has 0 unspecified atom stereocenters. The molecule has 1 aliphatic rings. The molecule has 0 saturated heterocycles. The molecule has 0 radical (unpaired) electrons. The highest BCUT2D eigenvalue weighted by molar-refractivity contribution is 5.30. The van der Waals surface area contributed by atoms with E-state index in [9.17, 15) is 0 Å². The monoisotopic (exact) mass is 336 g/mol. The summed E-state index contributed by atoms with van der Waals surface area (Å²) in [7, 11) is 0. The number of hydrogen-bond acceptors (Lipinski definition) is 2. The highest BCUT2D eigenvalue weighted by atomic mass is 15.2. The molecule has 2 heteroatoms. The maximum atomic E-state index is 3.80. The highest BCUT2D eigenvalue weighted by Gasteiger charge is 2.23. The smallest absolute Gasteiger partial charge is 0.0240 e. The Balaban J connectivity index is 1.46. The second kappa shape index (κ2) is 8.64. The number of rotatable bonds is 7. The number of fused-ring (bicyclic) bond motifs is 1. The van der Waals surface area contributed by atoms with Gasteiger partial charge in [0.15, 0.2) is 0 Å². The van der Waals surface area contributed by atoms with Crippen molar-refractivity contribution in [3.8, 4) is 0 Å². The van der Waals surface area contributed by atoms with Crippen molar-refractivity contribution in [1.82, 2.24) is 10.2 Å². The number of benzene rings is 2. The van der Waals surface area contributed by atoms with Crippen molar-refractivity contribution >= 4 is 0 Å². The van der Waals surface area contributed by atoms with Gasteiger partial charge in [0, 0.05) is 31.2 Å². The zero-order valence-corrected chi connectivity index (χ0v) is 15.9. The third-order valence-electron chi connectivity index (χ3n) is 5.42. The Kier molecular flexibility index (Phi) is 6.28. The molecular formula is C23H32N2. The molecule has 2 nitrogen and oxygen atoms in total. The summed E-state index contributed by atoms with van der Waals surface area (Å²) in [6.45, 7) is 9.20. The van der Waals surface area contributed by atoms with Gasteiger partial charge in [0.2, 0.25) is 0 Å². The predicted octanol–water partition coefficient (Wildman–Crippen LogP) is 4.43. The fourth-order valence-electron chi connectivity index (χ4n) is 3.98. The van der Waals surface area contributed by atoms with Crippen molar-refractivity contribution in [1.29, 1.82) is 0 Å². The minimum atomic E-state index is 0.512. The minimum absolute atomic E-state index is 0.512. The first-order valence-corrected chi connectivity index (χ1v) is 9.72. The molecule has 2 aromatic rings. The first-order valence-electron chi connectivity index (χ1n) is 9.72.